The number of rotatable bonds is 2. The molecular weight excluding hydrogens is 218 g/mol. The number of nitrogen functional groups attached to an aromatic ring is 1. The lowest BCUT2D eigenvalue weighted by atomic mass is 10.5. The van der Waals surface area contributed by atoms with E-state index in [0.717, 1.165) is 0 Å². The molecule has 0 radical (unpaired) electrons. The summed E-state index contributed by atoms with van der Waals surface area (Å²) in [4.78, 5) is 14.0. The average molecular weight is 230 g/mol. The number of H-pyrrole nitrogens is 1. The second-order valence-electron chi connectivity index (χ2n) is 3.14. The van der Waals surface area contributed by atoms with Gasteiger partial charge in [-0.3, -0.25) is 0 Å². The third-order valence-corrected chi connectivity index (χ3v) is 3.20. The van der Waals surface area contributed by atoms with E-state index in [-0.39, 0.29) is 24.0 Å². The van der Waals surface area contributed by atoms with Gasteiger partial charge in [0.1, 0.15) is 11.6 Å². The van der Waals surface area contributed by atoms with Crippen LogP contribution in [0.15, 0.2) is 17.1 Å². The molecule has 2 atom stereocenters. The summed E-state index contributed by atoms with van der Waals surface area (Å²) in [5, 5.41) is 8.88. The Labute approximate surface area is 90.1 Å². The first-order chi connectivity index (χ1) is 7.20. The van der Waals surface area contributed by atoms with Gasteiger partial charge in [0, 0.05) is 6.07 Å². The first kappa shape index (κ1) is 10.5. The van der Waals surface area contributed by atoms with Gasteiger partial charge < -0.3 is 15.6 Å². The van der Waals surface area contributed by atoms with Crippen LogP contribution in [-0.4, -0.2) is 27.9 Å². The number of nitrogens with zero attached hydrogens (tertiary/aromatic N) is 1. The van der Waals surface area contributed by atoms with Crippen LogP contribution in [-0.2, 0) is 4.74 Å². The summed E-state index contributed by atoms with van der Waals surface area (Å²) in [6.45, 7) is -0.0470. The van der Waals surface area contributed by atoms with Crippen LogP contribution in [0.25, 0.3) is 0 Å². The maximum Gasteiger partial charge on any atom is 0.499 e. The van der Waals surface area contributed by atoms with Gasteiger partial charge >= 0.3 is 5.69 Å². The molecule has 1 aromatic rings. The van der Waals surface area contributed by atoms with Crippen molar-refractivity contribution in [2.45, 2.75) is 11.7 Å². The zero-order chi connectivity index (χ0) is 10.8. The molecule has 0 aliphatic carbocycles. The molecule has 6 nitrogen and oxygen atoms in total. The van der Waals surface area contributed by atoms with Gasteiger partial charge in [0.25, 0.3) is 0 Å². The van der Waals surface area contributed by atoms with Gasteiger partial charge in [-0.2, -0.15) is 14.3 Å². The van der Waals surface area contributed by atoms with Crippen LogP contribution in [0.1, 0.15) is 6.23 Å². The van der Waals surface area contributed by atoms with Gasteiger partial charge in [0.05, 0.1) is 12.4 Å². The fourth-order valence-electron chi connectivity index (χ4n) is 1.37. The summed E-state index contributed by atoms with van der Waals surface area (Å²) in [6, 6.07) is 1.60. The van der Waals surface area contributed by atoms with Crippen molar-refractivity contribution in [3.63, 3.8) is 0 Å². The lowest BCUT2D eigenvalue weighted by molar-refractivity contribution is -0.770. The number of hydrogen-bond acceptors (Lipinski definition) is 5. The number of thioether (sulfide) groups is 1. The highest BCUT2D eigenvalue weighted by atomic mass is 32.2. The van der Waals surface area contributed by atoms with E-state index in [1.165, 1.54) is 16.3 Å². The van der Waals surface area contributed by atoms with Gasteiger partial charge in [-0.25, -0.2) is 0 Å². The van der Waals surface area contributed by atoms with Crippen LogP contribution < -0.4 is 16.0 Å². The first-order valence-electron chi connectivity index (χ1n) is 4.48. The molecule has 1 aliphatic heterocycles. The van der Waals surface area contributed by atoms with Crippen molar-refractivity contribution in [3.05, 3.63) is 22.7 Å². The van der Waals surface area contributed by atoms with E-state index < -0.39 is 0 Å². The van der Waals surface area contributed by atoms with Gasteiger partial charge in [0.15, 0.2) is 5.82 Å². The van der Waals surface area contributed by atoms with Crippen molar-refractivity contribution in [1.29, 1.82) is 0 Å². The minimum atomic E-state index is -0.337. The van der Waals surface area contributed by atoms with Crippen molar-refractivity contribution in [3.8, 4) is 0 Å². The lowest BCUT2D eigenvalue weighted by Gasteiger charge is -2.07. The minimum Gasteiger partial charge on any atom is -0.393 e. The Hall–Kier alpha value is -1.05. The molecule has 1 saturated heterocycles. The predicted octanol–water partition coefficient (Wildman–Crippen LogP) is -1.18. The van der Waals surface area contributed by atoms with Gasteiger partial charge in [-0.05, 0) is 0 Å². The average Bonchev–Trinajstić information content (AvgIpc) is 2.66. The van der Waals surface area contributed by atoms with E-state index in [2.05, 4.69) is 4.98 Å². The van der Waals surface area contributed by atoms with E-state index in [1.807, 2.05) is 0 Å². The number of ether oxygens (including phenoxy) is 1. The first-order valence-corrected chi connectivity index (χ1v) is 5.53. The number of nitrogens with one attached hydrogen (secondary N) is 1. The van der Waals surface area contributed by atoms with E-state index in [1.54, 1.807) is 12.3 Å². The molecule has 0 spiro atoms. The van der Waals surface area contributed by atoms with Gasteiger partial charge in [-0.15, -0.1) is 11.8 Å². The Bertz CT molecular complexity index is 408. The number of aromatic nitrogens is 2. The summed E-state index contributed by atoms with van der Waals surface area (Å²) in [6.07, 6.45) is 1.25. The molecule has 7 heteroatoms. The van der Waals surface area contributed by atoms with Gasteiger partial charge in [0.2, 0.25) is 6.23 Å². The summed E-state index contributed by atoms with van der Waals surface area (Å²) in [5.74, 6) is 0.962. The van der Waals surface area contributed by atoms with Crippen molar-refractivity contribution in [2.75, 3.05) is 18.1 Å². The molecule has 0 bridgehead atoms. The zero-order valence-electron chi connectivity index (χ0n) is 7.92. The smallest absolute Gasteiger partial charge is 0.393 e. The second kappa shape index (κ2) is 4.21. The van der Waals surface area contributed by atoms with Crippen molar-refractivity contribution < 1.29 is 14.4 Å². The highest BCUT2D eigenvalue weighted by Gasteiger charge is 2.31. The van der Waals surface area contributed by atoms with Crippen LogP contribution in [0.5, 0.6) is 0 Å². The zero-order valence-corrected chi connectivity index (χ0v) is 8.74. The van der Waals surface area contributed by atoms with E-state index in [4.69, 9.17) is 15.6 Å². The molecule has 2 heterocycles. The van der Waals surface area contributed by atoms with Crippen molar-refractivity contribution in [2.24, 2.45) is 0 Å². The lowest BCUT2D eigenvalue weighted by Crippen LogP contribution is -2.55. The largest absolute Gasteiger partial charge is 0.499 e. The molecule has 0 aromatic carbocycles. The van der Waals surface area contributed by atoms with E-state index in [0.29, 0.717) is 11.6 Å². The maximum atomic E-state index is 11.5. The topological polar surface area (TPSA) is 92.2 Å². The van der Waals surface area contributed by atoms with Crippen LogP contribution in [0.4, 0.5) is 5.82 Å². The molecule has 0 saturated carbocycles. The fraction of sp³-hybridized carbons (Fsp3) is 0.500. The molecule has 2 rings (SSSR count). The standard InChI is InChI=1S/C8H11N3O3S/c9-5-1-2-11(8(13)10-5)6-4-15-7(3-12)14-6/h1-2,6-7,12H,3-4H2,(H2,9,10,13)/p+1/t6?,7-/m1/s1. The van der Waals surface area contributed by atoms with Crippen molar-refractivity contribution >= 4 is 17.6 Å². The maximum absolute atomic E-state index is 11.5. The number of nitrogens with two attached hydrogens (primary N) is 1. The van der Waals surface area contributed by atoms with E-state index >= 15 is 0 Å². The molecular formula is C8H12N3O3S+. The molecule has 15 heavy (non-hydrogen) atoms. The third kappa shape index (κ3) is 2.14. The molecule has 1 aliphatic rings. The SMILES string of the molecule is Nc1cc[n+](C2CS[C@H](CO)O2)c(=O)[nH]1. The van der Waals surface area contributed by atoms with Crippen LogP contribution in [0.2, 0.25) is 0 Å². The Morgan fingerprint density at radius 2 is 2.60 bits per heavy atom. The molecule has 1 fully saturated rings. The third-order valence-electron chi connectivity index (χ3n) is 2.09. The quantitative estimate of drug-likeness (QED) is 0.556. The molecule has 1 unspecified atom stereocenters. The summed E-state index contributed by atoms with van der Waals surface area (Å²) in [5.41, 5.74) is 4.87. The number of anilines is 1. The number of aliphatic hydroxyl groups is 1. The Kier molecular flexibility index (Phi) is 2.94. The fourth-order valence-corrected chi connectivity index (χ4v) is 2.30. The monoisotopic (exact) mass is 230 g/mol. The highest BCUT2D eigenvalue weighted by Crippen LogP contribution is 2.27. The molecule has 1 aromatic heterocycles. The second-order valence-corrected chi connectivity index (χ2v) is 4.34. The predicted molar refractivity (Wildman–Crippen MR) is 55.1 cm³/mol. The Morgan fingerprint density at radius 1 is 1.80 bits per heavy atom. The summed E-state index contributed by atoms with van der Waals surface area (Å²) >= 11 is 1.48. The van der Waals surface area contributed by atoms with Crippen LogP contribution in [0, 0.1) is 0 Å². The highest BCUT2D eigenvalue weighted by molar-refractivity contribution is 8.00. The number of hydrogen-bond donors (Lipinski definition) is 3. The van der Waals surface area contributed by atoms with Gasteiger partial charge in [-0.1, -0.05) is 0 Å². The van der Waals surface area contributed by atoms with Crippen molar-refractivity contribution in [1.82, 2.24) is 4.98 Å². The normalized spacial score (nSPS) is 25.7. The Balaban J connectivity index is 2.20. The molecule has 4 N–H and O–H groups in total. The van der Waals surface area contributed by atoms with Crippen LogP contribution in [0.3, 0.4) is 0 Å². The van der Waals surface area contributed by atoms with Crippen LogP contribution >= 0.6 is 11.8 Å². The van der Waals surface area contributed by atoms with E-state index in [9.17, 15) is 4.79 Å². The molecule has 82 valence electrons. The molecule has 0 amide bonds. The summed E-state index contributed by atoms with van der Waals surface area (Å²) in [7, 11) is 0. The minimum absolute atomic E-state index is 0.0470. The number of aromatic amines is 1. The Morgan fingerprint density at radius 3 is 3.20 bits per heavy atom. The summed E-state index contributed by atoms with van der Waals surface area (Å²) < 4.78 is 6.86. The number of aliphatic hydroxyl groups excluding tert-OH is 1.